The molecule has 4 rings (SSSR count). The number of benzene rings is 1. The molecule has 0 aliphatic carbocycles. The van der Waals surface area contributed by atoms with E-state index in [0.717, 1.165) is 24.2 Å². The van der Waals surface area contributed by atoms with Crippen molar-refractivity contribution in [3.05, 3.63) is 66.0 Å². The quantitative estimate of drug-likeness (QED) is 0.540. The van der Waals surface area contributed by atoms with Gasteiger partial charge >= 0.3 is 0 Å². The van der Waals surface area contributed by atoms with Crippen LogP contribution in [0.5, 0.6) is 0 Å². The third-order valence-corrected chi connectivity index (χ3v) is 5.52. The Morgan fingerprint density at radius 2 is 1.81 bits per heavy atom. The van der Waals surface area contributed by atoms with E-state index in [0.29, 0.717) is 24.9 Å². The summed E-state index contributed by atoms with van der Waals surface area (Å²) in [6, 6.07) is 14.1. The van der Waals surface area contributed by atoms with E-state index >= 15 is 0 Å². The van der Waals surface area contributed by atoms with Gasteiger partial charge in [-0.2, -0.15) is 4.99 Å². The van der Waals surface area contributed by atoms with Crippen LogP contribution in [-0.2, 0) is 13.0 Å². The van der Waals surface area contributed by atoms with Crippen molar-refractivity contribution in [1.82, 2.24) is 25.8 Å². The molecule has 2 aromatic rings. The van der Waals surface area contributed by atoms with Crippen molar-refractivity contribution in [3.63, 3.8) is 0 Å². The minimum Gasteiger partial charge on any atom is -0.353 e. The molecule has 5 N–H and O–H groups in total. The third-order valence-electron chi connectivity index (χ3n) is 5.52. The largest absolute Gasteiger partial charge is 0.353 e. The predicted molar refractivity (Wildman–Crippen MR) is 124 cm³/mol. The molecule has 8 nitrogen and oxygen atoms in total. The highest BCUT2D eigenvalue weighted by molar-refractivity contribution is 5.97. The SMILES string of the molecule is NC1(Cc2ccccc2)N=C(NCCN2CCCCC2)N=C(NCc2cccnc2)N1. The van der Waals surface area contributed by atoms with Crippen LogP contribution in [0.4, 0.5) is 0 Å². The third kappa shape index (κ3) is 6.50. The van der Waals surface area contributed by atoms with Crippen molar-refractivity contribution in [2.75, 3.05) is 26.2 Å². The summed E-state index contributed by atoms with van der Waals surface area (Å²) in [5.74, 6) is 0.189. The van der Waals surface area contributed by atoms with Crippen molar-refractivity contribution in [3.8, 4) is 0 Å². The zero-order chi connectivity index (χ0) is 21.4. The minimum absolute atomic E-state index is 0.554. The van der Waals surface area contributed by atoms with Crippen molar-refractivity contribution >= 4 is 11.9 Å². The zero-order valence-corrected chi connectivity index (χ0v) is 17.9. The Morgan fingerprint density at radius 1 is 1.00 bits per heavy atom. The lowest BCUT2D eigenvalue weighted by Gasteiger charge is -2.32. The molecule has 1 aromatic carbocycles. The number of hydrogen-bond donors (Lipinski definition) is 4. The molecule has 0 saturated carbocycles. The molecule has 1 aromatic heterocycles. The van der Waals surface area contributed by atoms with Crippen molar-refractivity contribution in [1.29, 1.82) is 0 Å². The summed E-state index contributed by atoms with van der Waals surface area (Å²) in [6.07, 6.45) is 8.07. The Morgan fingerprint density at radius 3 is 2.58 bits per heavy atom. The van der Waals surface area contributed by atoms with Crippen molar-refractivity contribution < 1.29 is 0 Å². The lowest BCUT2D eigenvalue weighted by atomic mass is 10.1. The maximum Gasteiger partial charge on any atom is 0.224 e. The molecular weight excluding hydrogens is 388 g/mol. The number of likely N-dealkylation sites (tertiary alicyclic amines) is 1. The number of nitrogens with two attached hydrogens (primary N) is 1. The van der Waals surface area contributed by atoms with Crippen LogP contribution in [-0.4, -0.2) is 53.8 Å². The molecule has 0 amide bonds. The number of aliphatic imine (C=N–C) groups is 2. The first-order chi connectivity index (χ1) is 15.2. The lowest BCUT2D eigenvalue weighted by molar-refractivity contribution is 0.232. The molecule has 31 heavy (non-hydrogen) atoms. The van der Waals surface area contributed by atoms with Gasteiger partial charge in [0.2, 0.25) is 11.9 Å². The molecule has 0 spiro atoms. The van der Waals surface area contributed by atoms with Crippen LogP contribution < -0.4 is 21.7 Å². The van der Waals surface area contributed by atoms with Crippen molar-refractivity contribution in [2.24, 2.45) is 15.7 Å². The van der Waals surface area contributed by atoms with E-state index in [1.54, 1.807) is 6.20 Å². The van der Waals surface area contributed by atoms with Crippen LogP contribution in [0, 0.1) is 0 Å². The molecule has 164 valence electrons. The summed E-state index contributed by atoms with van der Waals surface area (Å²) in [5.41, 5.74) is 8.86. The maximum atomic E-state index is 6.67. The zero-order valence-electron chi connectivity index (χ0n) is 17.9. The standard InChI is InChI=1S/C23H32N8/c24-23(16-19-8-3-1-4-9-19)29-21(26-12-15-31-13-5-2-6-14-31)28-22(30-23)27-18-20-10-7-11-25-17-20/h1,3-4,7-11,17H,2,5-6,12-16,18,24H2,(H3,26,27,28,29,30). The summed E-state index contributed by atoms with van der Waals surface area (Å²) in [6.45, 7) is 4.72. The monoisotopic (exact) mass is 420 g/mol. The van der Waals surface area contributed by atoms with Gasteiger partial charge in [-0.1, -0.05) is 42.8 Å². The summed E-state index contributed by atoms with van der Waals surface area (Å²) in [7, 11) is 0. The van der Waals surface area contributed by atoms with Gasteiger partial charge in [-0.3, -0.25) is 10.7 Å². The Bertz CT molecular complexity index is 877. The van der Waals surface area contributed by atoms with Gasteiger partial charge in [-0.25, -0.2) is 4.99 Å². The second-order valence-corrected chi connectivity index (χ2v) is 8.15. The topological polar surface area (TPSA) is 103 Å². The molecule has 1 atom stereocenters. The molecule has 1 saturated heterocycles. The minimum atomic E-state index is -0.978. The highest BCUT2D eigenvalue weighted by Crippen LogP contribution is 2.13. The fourth-order valence-corrected chi connectivity index (χ4v) is 3.93. The number of piperidine rings is 1. The average molecular weight is 421 g/mol. The van der Waals surface area contributed by atoms with Crippen molar-refractivity contribution in [2.45, 2.75) is 38.0 Å². The van der Waals surface area contributed by atoms with Gasteiger partial charge in [-0.15, -0.1) is 0 Å². The first kappa shape index (κ1) is 21.3. The molecule has 8 heteroatoms. The molecule has 2 aliphatic heterocycles. The second-order valence-electron chi connectivity index (χ2n) is 8.15. The Labute approximate surface area is 184 Å². The van der Waals surface area contributed by atoms with Crippen LogP contribution in [0.15, 0.2) is 64.8 Å². The average Bonchev–Trinajstić information content (AvgIpc) is 2.79. The van der Waals surface area contributed by atoms with E-state index in [9.17, 15) is 0 Å². The van der Waals surface area contributed by atoms with Crippen LogP contribution in [0.25, 0.3) is 0 Å². The van der Waals surface area contributed by atoms with Crippen LogP contribution >= 0.6 is 0 Å². The highest BCUT2D eigenvalue weighted by atomic mass is 15.4. The number of nitrogens with one attached hydrogen (secondary N) is 3. The molecule has 0 bridgehead atoms. The van der Waals surface area contributed by atoms with Gasteiger partial charge in [0.1, 0.15) is 0 Å². The van der Waals surface area contributed by atoms with Crippen LogP contribution in [0.1, 0.15) is 30.4 Å². The van der Waals surface area contributed by atoms with Gasteiger partial charge in [-0.05, 0) is 43.1 Å². The summed E-state index contributed by atoms with van der Waals surface area (Å²) >= 11 is 0. The van der Waals surface area contributed by atoms with Gasteiger partial charge in [0.05, 0.1) is 0 Å². The normalized spacial score (nSPS) is 21.6. The smallest absolute Gasteiger partial charge is 0.224 e. The Balaban J connectivity index is 1.42. The number of pyridine rings is 1. The molecular formula is C23H32N8. The number of nitrogens with zero attached hydrogens (tertiary/aromatic N) is 4. The fourth-order valence-electron chi connectivity index (χ4n) is 3.93. The van der Waals surface area contributed by atoms with Gasteiger partial charge in [0.15, 0.2) is 5.79 Å². The van der Waals surface area contributed by atoms with Gasteiger partial charge < -0.3 is 20.9 Å². The molecule has 3 heterocycles. The number of hydrogen-bond acceptors (Lipinski definition) is 8. The summed E-state index contributed by atoms with van der Waals surface area (Å²) in [5, 5.41) is 10.00. The lowest BCUT2D eigenvalue weighted by Crippen LogP contribution is -2.62. The number of guanidine groups is 2. The van der Waals surface area contributed by atoms with E-state index in [2.05, 4.69) is 43.0 Å². The fraction of sp³-hybridized carbons (Fsp3) is 0.435. The molecule has 2 aliphatic rings. The predicted octanol–water partition coefficient (Wildman–Crippen LogP) is 1.42. The molecule has 0 radical (unpaired) electrons. The Hall–Kier alpha value is -2.97. The Kier molecular flexibility index (Phi) is 7.11. The van der Waals surface area contributed by atoms with E-state index < -0.39 is 5.79 Å². The first-order valence-corrected chi connectivity index (χ1v) is 11.1. The van der Waals surface area contributed by atoms with Gasteiger partial charge in [0.25, 0.3) is 0 Å². The maximum absolute atomic E-state index is 6.67. The second kappa shape index (κ2) is 10.4. The number of rotatable bonds is 7. The van der Waals surface area contributed by atoms with Gasteiger partial charge in [0, 0.05) is 38.4 Å². The molecule has 1 unspecified atom stereocenters. The first-order valence-electron chi connectivity index (χ1n) is 11.1. The highest BCUT2D eigenvalue weighted by Gasteiger charge is 2.30. The summed E-state index contributed by atoms with van der Waals surface area (Å²) in [4.78, 5) is 16.0. The van der Waals surface area contributed by atoms with E-state index in [1.807, 2.05) is 36.5 Å². The van der Waals surface area contributed by atoms with E-state index in [1.165, 1.54) is 32.4 Å². The van der Waals surface area contributed by atoms with Crippen LogP contribution in [0.2, 0.25) is 0 Å². The summed E-state index contributed by atoms with van der Waals surface area (Å²) < 4.78 is 0. The van der Waals surface area contributed by atoms with E-state index in [4.69, 9.17) is 10.7 Å². The van der Waals surface area contributed by atoms with Crippen LogP contribution in [0.3, 0.4) is 0 Å². The van der Waals surface area contributed by atoms with E-state index in [-0.39, 0.29) is 0 Å². The molecule has 1 fully saturated rings. The number of aromatic nitrogens is 1.